The molecule has 1 atom stereocenters. The van der Waals surface area contributed by atoms with Gasteiger partial charge in [-0.2, -0.15) is 0 Å². The summed E-state index contributed by atoms with van der Waals surface area (Å²) in [5, 5.41) is 0. The van der Waals surface area contributed by atoms with E-state index >= 15 is 0 Å². The molecule has 0 aromatic heterocycles. The Morgan fingerprint density at radius 1 is 0.541 bits per heavy atom. The van der Waals surface area contributed by atoms with E-state index < -0.39 is 5.97 Å². The second kappa shape index (κ2) is 31.1. The van der Waals surface area contributed by atoms with Crippen LogP contribution in [0.5, 0.6) is 0 Å². The number of hydrogen-bond acceptors (Lipinski definition) is 11. The molecule has 0 aromatic rings. The quantitative estimate of drug-likeness (QED) is 0.0733. The maximum atomic E-state index is 10.8. The monoisotopic (exact) mass is 538 g/mol. The van der Waals surface area contributed by atoms with Crippen LogP contribution < -0.4 is 0 Å². The second-order valence-corrected chi connectivity index (χ2v) is 7.86. The molecule has 0 N–H and O–H groups in total. The van der Waals surface area contributed by atoms with Crippen LogP contribution in [0.1, 0.15) is 20.3 Å². The summed E-state index contributed by atoms with van der Waals surface area (Å²) < 4.78 is 53.6. The van der Waals surface area contributed by atoms with Crippen LogP contribution in [0, 0.1) is 5.92 Å². The van der Waals surface area contributed by atoms with Gasteiger partial charge in [0.1, 0.15) is 6.61 Å². The Morgan fingerprint density at radius 3 is 1.08 bits per heavy atom. The van der Waals surface area contributed by atoms with E-state index in [1.54, 1.807) is 0 Å². The van der Waals surface area contributed by atoms with Crippen LogP contribution in [0.2, 0.25) is 0 Å². The highest BCUT2D eigenvalue weighted by molar-refractivity contribution is 5.81. The molecule has 0 aromatic carbocycles. The zero-order valence-electron chi connectivity index (χ0n) is 23.0. The second-order valence-electron chi connectivity index (χ2n) is 7.86. The summed E-state index contributed by atoms with van der Waals surface area (Å²) in [6, 6.07) is 0. The van der Waals surface area contributed by atoms with Crippen LogP contribution in [0.3, 0.4) is 0 Å². The van der Waals surface area contributed by atoms with Crippen LogP contribution >= 0.6 is 0 Å². The summed E-state index contributed by atoms with van der Waals surface area (Å²) in [6.45, 7) is 17.2. The highest BCUT2D eigenvalue weighted by atomic mass is 16.6. The molecule has 0 bridgehead atoms. The van der Waals surface area contributed by atoms with E-state index in [2.05, 4.69) is 20.4 Å². The molecule has 0 saturated heterocycles. The molecule has 11 nitrogen and oxygen atoms in total. The van der Waals surface area contributed by atoms with Gasteiger partial charge in [0.2, 0.25) is 0 Å². The fourth-order valence-corrected chi connectivity index (χ4v) is 2.42. The molecular formula is C26H50O11. The third-order valence-electron chi connectivity index (χ3n) is 4.71. The molecule has 37 heavy (non-hydrogen) atoms. The molecule has 0 radical (unpaired) electrons. The van der Waals surface area contributed by atoms with Gasteiger partial charge < -0.3 is 47.4 Å². The van der Waals surface area contributed by atoms with Crippen molar-refractivity contribution in [2.24, 2.45) is 5.92 Å². The molecule has 0 fully saturated rings. The highest BCUT2D eigenvalue weighted by Gasteiger charge is 1.99. The Labute approximate surface area is 222 Å². The van der Waals surface area contributed by atoms with E-state index in [0.717, 1.165) is 19.1 Å². The van der Waals surface area contributed by atoms with E-state index in [0.29, 0.717) is 118 Å². The number of hydrogen-bond donors (Lipinski definition) is 0. The van der Waals surface area contributed by atoms with Gasteiger partial charge in [0, 0.05) is 12.7 Å². The zero-order chi connectivity index (χ0) is 27.1. The standard InChI is InChI=1S/C26H50O11/c1-4-25(3)24-36-21-20-34-17-16-32-13-12-30-9-8-28-6-7-29-10-11-31-14-15-33-18-19-35-22-23-37-26(27)5-2/h5,25H,2,4,6-24H2,1,3H3. The Morgan fingerprint density at radius 2 is 0.811 bits per heavy atom. The number of ether oxygens (including phenoxy) is 10. The van der Waals surface area contributed by atoms with Gasteiger partial charge in [-0.15, -0.1) is 0 Å². The lowest BCUT2D eigenvalue weighted by molar-refractivity contribution is -0.139. The summed E-state index contributed by atoms with van der Waals surface area (Å²) in [4.78, 5) is 10.8. The molecule has 1 unspecified atom stereocenters. The zero-order valence-corrected chi connectivity index (χ0v) is 23.0. The first-order valence-corrected chi connectivity index (χ1v) is 13.2. The van der Waals surface area contributed by atoms with Gasteiger partial charge in [0.05, 0.1) is 112 Å². The minimum absolute atomic E-state index is 0.203. The van der Waals surface area contributed by atoms with E-state index in [1.807, 2.05) is 0 Å². The molecule has 11 heteroatoms. The van der Waals surface area contributed by atoms with Crippen molar-refractivity contribution in [1.82, 2.24) is 0 Å². The minimum atomic E-state index is -0.455. The van der Waals surface area contributed by atoms with Crippen molar-refractivity contribution in [1.29, 1.82) is 0 Å². The molecule has 0 spiro atoms. The van der Waals surface area contributed by atoms with Gasteiger partial charge in [-0.3, -0.25) is 0 Å². The first kappa shape index (κ1) is 35.9. The van der Waals surface area contributed by atoms with Gasteiger partial charge in [-0.25, -0.2) is 4.79 Å². The van der Waals surface area contributed by atoms with Crippen molar-refractivity contribution in [2.75, 3.05) is 126 Å². The Balaban J connectivity index is 3.05. The fourth-order valence-electron chi connectivity index (χ4n) is 2.42. The average molecular weight is 539 g/mol. The lowest BCUT2D eigenvalue weighted by Gasteiger charge is -2.10. The molecule has 220 valence electrons. The largest absolute Gasteiger partial charge is 0.460 e. The van der Waals surface area contributed by atoms with Gasteiger partial charge >= 0.3 is 5.97 Å². The third-order valence-corrected chi connectivity index (χ3v) is 4.71. The molecular weight excluding hydrogens is 488 g/mol. The number of rotatable bonds is 31. The van der Waals surface area contributed by atoms with Crippen LogP contribution in [0.4, 0.5) is 0 Å². The van der Waals surface area contributed by atoms with Crippen LogP contribution in [0.25, 0.3) is 0 Å². The summed E-state index contributed by atoms with van der Waals surface area (Å²) >= 11 is 0. The van der Waals surface area contributed by atoms with Gasteiger partial charge in [-0.05, 0) is 5.92 Å². The molecule has 0 rings (SSSR count). The lowest BCUT2D eigenvalue weighted by Crippen LogP contribution is -2.15. The van der Waals surface area contributed by atoms with Gasteiger partial charge in [0.15, 0.2) is 0 Å². The highest BCUT2D eigenvalue weighted by Crippen LogP contribution is 2.00. The predicted molar refractivity (Wildman–Crippen MR) is 138 cm³/mol. The Kier molecular flexibility index (Phi) is 30.1. The third kappa shape index (κ3) is 31.0. The molecule has 0 aliphatic rings. The molecule has 0 heterocycles. The van der Waals surface area contributed by atoms with Crippen LogP contribution in [-0.2, 0) is 52.2 Å². The van der Waals surface area contributed by atoms with Crippen molar-refractivity contribution >= 4 is 5.97 Å². The summed E-state index contributed by atoms with van der Waals surface area (Å²) in [6.07, 6.45) is 2.25. The van der Waals surface area contributed by atoms with Crippen molar-refractivity contribution in [3.05, 3.63) is 12.7 Å². The predicted octanol–water partition coefficient (Wildman–Crippen LogP) is 1.91. The minimum Gasteiger partial charge on any atom is -0.460 e. The Bertz CT molecular complexity index is 479. The van der Waals surface area contributed by atoms with Crippen molar-refractivity contribution < 1.29 is 52.2 Å². The maximum Gasteiger partial charge on any atom is 0.330 e. The molecule has 0 amide bonds. The van der Waals surface area contributed by atoms with Gasteiger partial charge in [0.25, 0.3) is 0 Å². The molecule has 0 saturated carbocycles. The normalized spacial score (nSPS) is 12.1. The maximum absolute atomic E-state index is 10.8. The van der Waals surface area contributed by atoms with Crippen LogP contribution in [0.15, 0.2) is 12.7 Å². The first-order chi connectivity index (χ1) is 18.2. The van der Waals surface area contributed by atoms with E-state index in [4.69, 9.17) is 47.4 Å². The van der Waals surface area contributed by atoms with Crippen LogP contribution in [-0.4, -0.2) is 132 Å². The average Bonchev–Trinajstić information content (AvgIpc) is 2.91. The number of carbonyl (C=O) groups excluding carboxylic acids is 1. The van der Waals surface area contributed by atoms with E-state index in [1.165, 1.54) is 0 Å². The van der Waals surface area contributed by atoms with Crippen molar-refractivity contribution in [3.63, 3.8) is 0 Å². The Hall–Kier alpha value is -1.15. The first-order valence-electron chi connectivity index (χ1n) is 13.2. The van der Waals surface area contributed by atoms with Crippen molar-refractivity contribution in [2.45, 2.75) is 20.3 Å². The summed E-state index contributed by atoms with van der Waals surface area (Å²) in [7, 11) is 0. The van der Waals surface area contributed by atoms with E-state index in [-0.39, 0.29) is 6.61 Å². The fraction of sp³-hybridized carbons (Fsp3) is 0.885. The topological polar surface area (TPSA) is 109 Å². The van der Waals surface area contributed by atoms with Crippen molar-refractivity contribution in [3.8, 4) is 0 Å². The summed E-state index contributed by atoms with van der Waals surface area (Å²) in [5.74, 6) is 0.141. The van der Waals surface area contributed by atoms with Gasteiger partial charge in [-0.1, -0.05) is 26.8 Å². The lowest BCUT2D eigenvalue weighted by atomic mass is 10.1. The van der Waals surface area contributed by atoms with E-state index in [9.17, 15) is 4.79 Å². The number of esters is 1. The smallest absolute Gasteiger partial charge is 0.330 e. The molecule has 0 aliphatic heterocycles. The SMILES string of the molecule is C=CC(=O)OCCOCCOCCOCCOCCOCCOCCOCCOCCOCC(C)CC. The molecule has 0 aliphatic carbocycles. The summed E-state index contributed by atoms with van der Waals surface area (Å²) in [5.41, 5.74) is 0. The number of carbonyl (C=O) groups is 1.